The van der Waals surface area contributed by atoms with E-state index in [4.69, 9.17) is 0 Å². The largest absolute Gasteiger partial charge is 0.478 e. The van der Waals surface area contributed by atoms with Gasteiger partial charge in [0, 0.05) is 18.0 Å². The van der Waals surface area contributed by atoms with Gasteiger partial charge in [-0.3, -0.25) is 0 Å². The number of carboxylic acid groups (broad SMARTS) is 1. The zero-order valence-electron chi connectivity index (χ0n) is 12.3. The maximum Gasteiger partial charge on any atom is 0.339 e. The fraction of sp³-hybridized carbons (Fsp3) is 0.667. The van der Waals surface area contributed by atoms with E-state index in [0.717, 1.165) is 18.7 Å². The lowest BCUT2D eigenvalue weighted by Crippen LogP contribution is -2.39. The minimum absolute atomic E-state index is 0.254. The Hall–Kier alpha value is -1.49. The Balaban J connectivity index is 1.90. The van der Waals surface area contributed by atoms with Crippen molar-refractivity contribution in [2.45, 2.75) is 57.5 Å². The average molecular weight is 275 g/mol. The maximum atomic E-state index is 11.2. The number of nitrogens with zero attached hydrogens (tertiary/aromatic N) is 3. The minimum atomic E-state index is -0.935. The molecule has 0 spiro atoms. The van der Waals surface area contributed by atoms with E-state index in [1.54, 1.807) is 13.8 Å². The first-order valence-corrected chi connectivity index (χ1v) is 7.27. The van der Waals surface area contributed by atoms with Crippen molar-refractivity contribution in [1.29, 1.82) is 0 Å². The molecule has 3 rings (SSSR count). The Bertz CT molecular complexity index is 521. The van der Waals surface area contributed by atoms with Crippen LogP contribution in [0.15, 0.2) is 0 Å². The van der Waals surface area contributed by atoms with E-state index in [-0.39, 0.29) is 5.56 Å². The van der Waals surface area contributed by atoms with Crippen molar-refractivity contribution in [2.75, 3.05) is 7.05 Å². The van der Waals surface area contributed by atoms with E-state index < -0.39 is 5.97 Å². The van der Waals surface area contributed by atoms with Crippen LogP contribution in [0.4, 0.5) is 0 Å². The first kappa shape index (κ1) is 13.5. The van der Waals surface area contributed by atoms with E-state index in [1.165, 1.54) is 12.8 Å². The summed E-state index contributed by atoms with van der Waals surface area (Å²) < 4.78 is 0. The van der Waals surface area contributed by atoms with E-state index in [0.29, 0.717) is 29.4 Å². The second kappa shape index (κ2) is 4.81. The molecule has 2 atom stereocenters. The summed E-state index contributed by atoms with van der Waals surface area (Å²) in [6.07, 6.45) is 4.72. The van der Waals surface area contributed by atoms with E-state index in [9.17, 15) is 9.90 Å². The fourth-order valence-electron chi connectivity index (χ4n) is 3.86. The van der Waals surface area contributed by atoms with Crippen LogP contribution in [0.1, 0.15) is 59.2 Å². The maximum absolute atomic E-state index is 11.2. The predicted molar refractivity (Wildman–Crippen MR) is 75.0 cm³/mol. The number of fused-ring (bicyclic) bond motifs is 2. The summed E-state index contributed by atoms with van der Waals surface area (Å²) in [6, 6.07) is 1.28. The van der Waals surface area contributed by atoms with Gasteiger partial charge in [0.2, 0.25) is 0 Å². The van der Waals surface area contributed by atoms with Gasteiger partial charge in [0.15, 0.2) is 0 Å². The molecule has 5 nitrogen and oxygen atoms in total. The second-order valence-electron chi connectivity index (χ2n) is 6.15. The molecule has 0 aromatic carbocycles. The zero-order valence-corrected chi connectivity index (χ0v) is 12.3. The topological polar surface area (TPSA) is 66.3 Å². The lowest BCUT2D eigenvalue weighted by Gasteiger charge is -2.35. The van der Waals surface area contributed by atoms with Crippen molar-refractivity contribution in [2.24, 2.45) is 0 Å². The molecule has 0 amide bonds. The lowest BCUT2D eigenvalue weighted by atomic mass is 9.90. The molecule has 2 aliphatic rings. The third-order valence-electron chi connectivity index (χ3n) is 4.97. The average Bonchev–Trinajstić information content (AvgIpc) is 2.61. The number of hydrogen-bond acceptors (Lipinski definition) is 4. The molecule has 0 saturated carbocycles. The highest BCUT2D eigenvalue weighted by molar-refractivity contribution is 5.89. The number of rotatable bonds is 2. The molecular formula is C15H21N3O2. The molecule has 5 heteroatoms. The highest BCUT2D eigenvalue weighted by atomic mass is 16.4. The molecule has 2 bridgehead atoms. The van der Waals surface area contributed by atoms with Crippen molar-refractivity contribution >= 4 is 5.97 Å². The molecule has 0 radical (unpaired) electrons. The molecule has 2 aliphatic heterocycles. The van der Waals surface area contributed by atoms with Crippen molar-refractivity contribution in [3.63, 3.8) is 0 Å². The van der Waals surface area contributed by atoms with Crippen molar-refractivity contribution in [3.05, 3.63) is 22.8 Å². The molecule has 1 aromatic rings. The molecule has 2 fully saturated rings. The van der Waals surface area contributed by atoms with Gasteiger partial charge in [0.05, 0.1) is 11.4 Å². The van der Waals surface area contributed by atoms with Crippen LogP contribution in [-0.4, -0.2) is 45.1 Å². The van der Waals surface area contributed by atoms with Crippen LogP contribution in [0.3, 0.4) is 0 Å². The highest BCUT2D eigenvalue weighted by Crippen LogP contribution is 2.41. The van der Waals surface area contributed by atoms with Gasteiger partial charge in [-0.1, -0.05) is 0 Å². The van der Waals surface area contributed by atoms with E-state index in [2.05, 4.69) is 21.9 Å². The summed E-state index contributed by atoms with van der Waals surface area (Å²) in [7, 11) is 2.21. The first-order chi connectivity index (χ1) is 9.47. The Morgan fingerprint density at radius 2 is 1.65 bits per heavy atom. The van der Waals surface area contributed by atoms with Crippen LogP contribution in [0.5, 0.6) is 0 Å². The highest BCUT2D eigenvalue weighted by Gasteiger charge is 2.40. The molecule has 1 aromatic heterocycles. The predicted octanol–water partition coefficient (Wildman–Crippen LogP) is 2.13. The number of aryl methyl sites for hydroxylation is 2. The summed E-state index contributed by atoms with van der Waals surface area (Å²) in [5.41, 5.74) is 1.43. The summed E-state index contributed by atoms with van der Waals surface area (Å²) in [5, 5.41) is 9.19. The van der Waals surface area contributed by atoms with E-state index >= 15 is 0 Å². The van der Waals surface area contributed by atoms with Crippen molar-refractivity contribution in [1.82, 2.24) is 14.9 Å². The SMILES string of the molecule is Cc1nc(C2CC3CCC(C2)N3C)nc(C)c1C(=O)O. The van der Waals surface area contributed by atoms with Gasteiger partial charge in [-0.15, -0.1) is 0 Å². The second-order valence-corrected chi connectivity index (χ2v) is 6.15. The summed E-state index contributed by atoms with van der Waals surface area (Å²) >= 11 is 0. The Kier molecular flexibility index (Phi) is 3.24. The van der Waals surface area contributed by atoms with Crippen molar-refractivity contribution in [3.8, 4) is 0 Å². The van der Waals surface area contributed by atoms with Crippen LogP contribution in [0.25, 0.3) is 0 Å². The number of carbonyl (C=O) groups is 1. The van der Waals surface area contributed by atoms with Gasteiger partial charge in [-0.2, -0.15) is 0 Å². The lowest BCUT2D eigenvalue weighted by molar-refractivity contribution is 0.0694. The minimum Gasteiger partial charge on any atom is -0.478 e. The number of aromatic nitrogens is 2. The molecule has 3 heterocycles. The fourth-order valence-corrected chi connectivity index (χ4v) is 3.86. The van der Waals surface area contributed by atoms with Crippen molar-refractivity contribution < 1.29 is 9.90 Å². The van der Waals surface area contributed by atoms with Gasteiger partial charge < -0.3 is 10.0 Å². The Morgan fingerprint density at radius 1 is 1.15 bits per heavy atom. The zero-order chi connectivity index (χ0) is 14.4. The Labute approximate surface area is 119 Å². The monoisotopic (exact) mass is 275 g/mol. The van der Waals surface area contributed by atoms with Crippen LogP contribution >= 0.6 is 0 Å². The van der Waals surface area contributed by atoms with Crippen LogP contribution in [0, 0.1) is 13.8 Å². The number of aromatic carboxylic acids is 1. The molecule has 0 aliphatic carbocycles. The smallest absolute Gasteiger partial charge is 0.339 e. The van der Waals surface area contributed by atoms with Crippen LogP contribution in [0.2, 0.25) is 0 Å². The molecular weight excluding hydrogens is 254 g/mol. The van der Waals surface area contributed by atoms with Crippen LogP contribution < -0.4 is 0 Å². The quantitative estimate of drug-likeness (QED) is 0.895. The third kappa shape index (κ3) is 2.10. The normalized spacial score (nSPS) is 29.6. The van der Waals surface area contributed by atoms with E-state index in [1.807, 2.05) is 0 Å². The summed E-state index contributed by atoms with van der Waals surface area (Å²) in [6.45, 7) is 3.54. The molecule has 2 saturated heterocycles. The van der Waals surface area contributed by atoms with Crippen LogP contribution in [-0.2, 0) is 0 Å². The van der Waals surface area contributed by atoms with Gasteiger partial charge in [-0.05, 0) is 46.6 Å². The number of piperidine rings is 1. The number of carboxylic acids is 1. The first-order valence-electron chi connectivity index (χ1n) is 7.27. The number of hydrogen-bond donors (Lipinski definition) is 1. The standard InChI is InChI=1S/C15H21N3O2/c1-8-13(15(19)20)9(2)17-14(16-8)10-6-11-4-5-12(7-10)18(11)3/h10-12H,4-7H2,1-3H3,(H,19,20). The third-order valence-corrected chi connectivity index (χ3v) is 4.97. The molecule has 108 valence electrons. The van der Waals surface area contributed by atoms with Gasteiger partial charge in [0.1, 0.15) is 11.4 Å². The van der Waals surface area contributed by atoms with Gasteiger partial charge >= 0.3 is 5.97 Å². The summed E-state index contributed by atoms with van der Waals surface area (Å²) in [5.74, 6) is 0.286. The van der Waals surface area contributed by atoms with Gasteiger partial charge in [0.25, 0.3) is 0 Å². The molecule has 20 heavy (non-hydrogen) atoms. The van der Waals surface area contributed by atoms with Gasteiger partial charge in [-0.25, -0.2) is 14.8 Å². The summed E-state index contributed by atoms with van der Waals surface area (Å²) in [4.78, 5) is 22.7. The molecule has 2 unspecified atom stereocenters. The Morgan fingerprint density at radius 3 is 2.10 bits per heavy atom. The molecule has 1 N–H and O–H groups in total.